The van der Waals surface area contributed by atoms with Gasteiger partial charge >= 0.3 is 0 Å². The van der Waals surface area contributed by atoms with E-state index in [4.69, 9.17) is 12.2 Å². The first-order valence-electron chi connectivity index (χ1n) is 6.37. The summed E-state index contributed by atoms with van der Waals surface area (Å²) < 4.78 is 2.19. The monoisotopic (exact) mass is 290 g/mol. The largest absolute Gasteiger partial charge is 0.329 e. The molecule has 1 saturated heterocycles. The lowest BCUT2D eigenvalue weighted by molar-refractivity contribution is -0.149. The molecule has 0 saturated carbocycles. The lowest BCUT2D eigenvalue weighted by Gasteiger charge is -2.28. The Hall–Kier alpha value is -2.02. The number of carbonyl (C=O) groups excluding carboxylic acids is 2. The van der Waals surface area contributed by atoms with Crippen molar-refractivity contribution in [2.75, 3.05) is 7.05 Å². The molecule has 0 radical (unpaired) electrons. The zero-order chi connectivity index (χ0) is 14.4. The molecule has 1 aliphatic rings. The summed E-state index contributed by atoms with van der Waals surface area (Å²) in [5.41, 5.74) is 2.52. The van der Waals surface area contributed by atoms with Crippen LogP contribution in [0.2, 0.25) is 0 Å². The van der Waals surface area contributed by atoms with Gasteiger partial charge < -0.3 is 4.98 Å². The maximum absolute atomic E-state index is 12.3. The SMILES string of the molecule is Cc1ccnc2c1[nH]c(=S)n2C1CCC(=O)N(C)C1=O. The molecule has 104 valence electrons. The number of pyridine rings is 1. The Morgan fingerprint density at radius 1 is 1.45 bits per heavy atom. The van der Waals surface area contributed by atoms with E-state index in [1.807, 2.05) is 13.0 Å². The van der Waals surface area contributed by atoms with E-state index in [1.165, 1.54) is 11.9 Å². The van der Waals surface area contributed by atoms with Crippen molar-refractivity contribution < 1.29 is 9.59 Å². The Labute approximate surface area is 120 Å². The molecule has 2 amide bonds. The molecule has 3 heterocycles. The second-order valence-electron chi connectivity index (χ2n) is 4.97. The van der Waals surface area contributed by atoms with Crippen LogP contribution in [0, 0.1) is 11.7 Å². The van der Waals surface area contributed by atoms with Crippen molar-refractivity contribution in [2.24, 2.45) is 0 Å². The van der Waals surface area contributed by atoms with E-state index in [1.54, 1.807) is 10.8 Å². The van der Waals surface area contributed by atoms with Crippen LogP contribution < -0.4 is 0 Å². The summed E-state index contributed by atoms with van der Waals surface area (Å²) in [5, 5.41) is 0. The van der Waals surface area contributed by atoms with Gasteiger partial charge in [-0.05, 0) is 37.2 Å². The van der Waals surface area contributed by atoms with E-state index in [0.717, 1.165) is 11.1 Å². The average Bonchev–Trinajstić information content (AvgIpc) is 2.75. The summed E-state index contributed by atoms with van der Waals surface area (Å²) in [6.07, 6.45) is 2.49. The number of aromatic nitrogens is 3. The molecule has 1 unspecified atom stereocenters. The number of fused-ring (bicyclic) bond motifs is 1. The highest BCUT2D eigenvalue weighted by Gasteiger charge is 2.34. The summed E-state index contributed by atoms with van der Waals surface area (Å²) in [6, 6.07) is 1.42. The van der Waals surface area contributed by atoms with E-state index < -0.39 is 6.04 Å². The zero-order valence-electron chi connectivity index (χ0n) is 11.2. The maximum atomic E-state index is 12.3. The van der Waals surface area contributed by atoms with Crippen molar-refractivity contribution in [2.45, 2.75) is 25.8 Å². The second-order valence-corrected chi connectivity index (χ2v) is 5.36. The van der Waals surface area contributed by atoms with Gasteiger partial charge in [0, 0.05) is 19.7 Å². The molecule has 20 heavy (non-hydrogen) atoms. The zero-order valence-corrected chi connectivity index (χ0v) is 12.0. The van der Waals surface area contributed by atoms with Crippen molar-refractivity contribution in [3.63, 3.8) is 0 Å². The lowest BCUT2D eigenvalue weighted by Crippen LogP contribution is -2.43. The van der Waals surface area contributed by atoms with Crippen molar-refractivity contribution in [3.05, 3.63) is 22.6 Å². The van der Waals surface area contributed by atoms with Gasteiger partial charge in [-0.3, -0.25) is 19.1 Å². The minimum atomic E-state index is -0.465. The molecule has 1 aliphatic heterocycles. The van der Waals surface area contributed by atoms with Gasteiger partial charge in [0.1, 0.15) is 6.04 Å². The Bertz CT molecular complexity index is 776. The van der Waals surface area contributed by atoms with Gasteiger partial charge in [0.15, 0.2) is 10.4 Å². The highest BCUT2D eigenvalue weighted by Crippen LogP contribution is 2.27. The third kappa shape index (κ3) is 1.77. The molecular formula is C13H14N4O2S. The molecule has 1 atom stereocenters. The first kappa shape index (κ1) is 13.0. The van der Waals surface area contributed by atoms with Gasteiger partial charge in [0.2, 0.25) is 5.91 Å². The standard InChI is InChI=1S/C13H14N4O2S/c1-7-5-6-14-11-10(7)15-13(20)17(11)8-3-4-9(18)16(2)12(8)19/h5-6,8H,3-4H2,1-2H3,(H,15,20). The first-order chi connectivity index (χ1) is 9.50. The number of imidazole rings is 1. The summed E-state index contributed by atoms with van der Waals surface area (Å²) in [6.45, 7) is 1.96. The molecule has 0 aromatic carbocycles. The number of hydrogen-bond donors (Lipinski definition) is 1. The van der Waals surface area contributed by atoms with Crippen molar-refractivity contribution in [1.82, 2.24) is 19.4 Å². The number of rotatable bonds is 1. The maximum Gasteiger partial charge on any atom is 0.252 e. The molecule has 2 aromatic heterocycles. The molecule has 7 heteroatoms. The van der Waals surface area contributed by atoms with Crippen LogP contribution in [-0.4, -0.2) is 38.3 Å². The number of amides is 2. The Morgan fingerprint density at radius 3 is 2.95 bits per heavy atom. The first-order valence-corrected chi connectivity index (χ1v) is 6.77. The van der Waals surface area contributed by atoms with Gasteiger partial charge in [-0.1, -0.05) is 0 Å². The normalized spacial score (nSPS) is 19.9. The molecule has 3 rings (SSSR count). The number of hydrogen-bond acceptors (Lipinski definition) is 4. The number of aromatic amines is 1. The highest BCUT2D eigenvalue weighted by molar-refractivity contribution is 7.71. The number of likely N-dealkylation sites (tertiary alicyclic amines) is 1. The van der Waals surface area contributed by atoms with Gasteiger partial charge in [0.25, 0.3) is 5.91 Å². The van der Waals surface area contributed by atoms with Crippen molar-refractivity contribution in [1.29, 1.82) is 0 Å². The van der Waals surface area contributed by atoms with E-state index >= 15 is 0 Å². The molecule has 0 aliphatic carbocycles. The number of nitrogens with one attached hydrogen (secondary N) is 1. The van der Waals surface area contributed by atoms with Gasteiger partial charge in [-0.15, -0.1) is 0 Å². The van der Waals surface area contributed by atoms with E-state index in [-0.39, 0.29) is 11.8 Å². The molecule has 1 fully saturated rings. The molecule has 1 N–H and O–H groups in total. The van der Waals surface area contributed by atoms with E-state index in [0.29, 0.717) is 23.3 Å². The molecule has 6 nitrogen and oxygen atoms in total. The van der Waals surface area contributed by atoms with Crippen molar-refractivity contribution in [3.8, 4) is 0 Å². The number of aryl methyl sites for hydroxylation is 1. The van der Waals surface area contributed by atoms with Crippen LogP contribution in [0.3, 0.4) is 0 Å². The number of carbonyl (C=O) groups is 2. The molecule has 0 bridgehead atoms. The van der Waals surface area contributed by atoms with Crippen LogP contribution in [0.5, 0.6) is 0 Å². The molecular weight excluding hydrogens is 276 g/mol. The third-order valence-electron chi connectivity index (χ3n) is 3.75. The van der Waals surface area contributed by atoms with Gasteiger partial charge in [-0.25, -0.2) is 4.98 Å². The fraction of sp³-hybridized carbons (Fsp3) is 0.385. The third-order valence-corrected chi connectivity index (χ3v) is 4.05. The highest BCUT2D eigenvalue weighted by atomic mass is 32.1. The Kier molecular flexibility index (Phi) is 2.93. The van der Waals surface area contributed by atoms with Gasteiger partial charge in [-0.2, -0.15) is 0 Å². The fourth-order valence-corrected chi connectivity index (χ4v) is 2.89. The Balaban J connectivity index is 2.18. The minimum Gasteiger partial charge on any atom is -0.329 e. The summed E-state index contributed by atoms with van der Waals surface area (Å²) in [5.74, 6) is -0.386. The fourth-order valence-electron chi connectivity index (χ4n) is 2.57. The van der Waals surface area contributed by atoms with Crippen LogP contribution in [0.25, 0.3) is 11.2 Å². The topological polar surface area (TPSA) is 71.0 Å². The van der Waals surface area contributed by atoms with Crippen molar-refractivity contribution >= 4 is 35.2 Å². The van der Waals surface area contributed by atoms with Crippen LogP contribution in [0.4, 0.5) is 0 Å². The molecule has 2 aromatic rings. The summed E-state index contributed by atoms with van der Waals surface area (Å²) in [7, 11) is 1.51. The number of likely N-dealkylation sites (N-methyl/N-ethyl adjacent to an activating group) is 1. The average molecular weight is 290 g/mol. The van der Waals surface area contributed by atoms with Gasteiger partial charge in [0.05, 0.1) is 5.52 Å². The molecule has 0 spiro atoms. The van der Waals surface area contributed by atoms with E-state index in [2.05, 4.69) is 9.97 Å². The number of H-pyrrole nitrogens is 1. The number of nitrogens with zero attached hydrogens (tertiary/aromatic N) is 3. The predicted octanol–water partition coefficient (Wildman–Crippen LogP) is 1.72. The predicted molar refractivity (Wildman–Crippen MR) is 75.7 cm³/mol. The van der Waals surface area contributed by atoms with Crippen LogP contribution >= 0.6 is 12.2 Å². The summed E-state index contributed by atoms with van der Waals surface area (Å²) in [4.78, 5) is 32.5. The van der Waals surface area contributed by atoms with E-state index in [9.17, 15) is 9.59 Å². The number of piperidine rings is 1. The summed E-state index contributed by atoms with van der Waals surface area (Å²) >= 11 is 5.33. The lowest BCUT2D eigenvalue weighted by atomic mass is 10.0. The van der Waals surface area contributed by atoms with Crippen LogP contribution in [-0.2, 0) is 9.59 Å². The quantitative estimate of drug-likeness (QED) is 0.641. The smallest absolute Gasteiger partial charge is 0.252 e. The second kappa shape index (κ2) is 4.52. The number of imide groups is 1. The minimum absolute atomic E-state index is 0.151. The van der Waals surface area contributed by atoms with Crippen LogP contribution in [0.15, 0.2) is 12.3 Å². The van der Waals surface area contributed by atoms with Crippen LogP contribution in [0.1, 0.15) is 24.4 Å². The Morgan fingerprint density at radius 2 is 2.20 bits per heavy atom.